The molecule has 0 aromatic rings. The summed E-state index contributed by atoms with van der Waals surface area (Å²) in [6.07, 6.45) is 3.14. The molecule has 0 spiro atoms. The van der Waals surface area contributed by atoms with Gasteiger partial charge in [-0.1, -0.05) is 0 Å². The third-order valence-electron chi connectivity index (χ3n) is 3.18. The second kappa shape index (κ2) is 7.98. The van der Waals surface area contributed by atoms with Gasteiger partial charge in [-0.25, -0.2) is 0 Å². The minimum absolute atomic E-state index is 0.0457. The first-order valence-corrected chi connectivity index (χ1v) is 7.23. The molecule has 5 nitrogen and oxygen atoms in total. The van der Waals surface area contributed by atoms with Crippen LogP contribution in [-0.2, 0) is 9.59 Å². The molecule has 0 unspecified atom stereocenters. The summed E-state index contributed by atoms with van der Waals surface area (Å²) in [5.74, 6) is 0.0875. The van der Waals surface area contributed by atoms with Crippen molar-refractivity contribution in [3.8, 4) is 6.07 Å². The Kier molecular flexibility index (Phi) is 6.58. The van der Waals surface area contributed by atoms with Crippen molar-refractivity contribution in [3.05, 3.63) is 0 Å². The number of thioether (sulfide) groups is 1. The summed E-state index contributed by atoms with van der Waals surface area (Å²) in [5, 5.41) is 20.0. The molecule has 1 saturated carbocycles. The van der Waals surface area contributed by atoms with E-state index >= 15 is 0 Å². The first-order chi connectivity index (χ1) is 8.63. The molecule has 1 amide bonds. The third kappa shape index (κ3) is 5.41. The average molecular weight is 270 g/mol. The molecule has 1 aliphatic carbocycles. The number of nitrogens with one attached hydrogen (secondary N) is 1. The predicted molar refractivity (Wildman–Crippen MR) is 69.0 cm³/mol. The standard InChI is InChI=1S/C12H18N2O3S/c13-5-6-18-8-11(15)14-7-9-1-3-10(4-2-9)12(16)17/h9-10H,1-4,6-8H2,(H,14,15)(H,16,17). The third-order valence-corrected chi connectivity index (χ3v) is 3.98. The molecule has 0 heterocycles. The molecule has 0 atom stereocenters. The number of carboxylic acids is 1. The zero-order chi connectivity index (χ0) is 13.4. The van der Waals surface area contributed by atoms with Gasteiger partial charge in [-0.15, -0.1) is 11.8 Å². The van der Waals surface area contributed by atoms with Crippen molar-refractivity contribution in [2.24, 2.45) is 11.8 Å². The SMILES string of the molecule is N#CCSCC(=O)NCC1CCC(C(=O)O)CC1. The lowest BCUT2D eigenvalue weighted by Crippen LogP contribution is -2.33. The van der Waals surface area contributed by atoms with Crippen molar-refractivity contribution in [2.75, 3.05) is 18.1 Å². The van der Waals surface area contributed by atoms with E-state index in [0.717, 1.165) is 12.8 Å². The van der Waals surface area contributed by atoms with Crippen molar-refractivity contribution in [3.63, 3.8) is 0 Å². The van der Waals surface area contributed by atoms with Crippen molar-refractivity contribution >= 4 is 23.6 Å². The van der Waals surface area contributed by atoms with E-state index < -0.39 is 5.97 Å². The van der Waals surface area contributed by atoms with Crippen LogP contribution >= 0.6 is 11.8 Å². The van der Waals surface area contributed by atoms with Gasteiger partial charge in [0.15, 0.2) is 0 Å². The van der Waals surface area contributed by atoms with E-state index in [1.165, 1.54) is 11.8 Å². The van der Waals surface area contributed by atoms with Crippen LogP contribution in [0, 0.1) is 23.2 Å². The average Bonchev–Trinajstić information content (AvgIpc) is 2.37. The van der Waals surface area contributed by atoms with Crippen LogP contribution in [0.4, 0.5) is 0 Å². The minimum Gasteiger partial charge on any atom is -0.481 e. The summed E-state index contributed by atoms with van der Waals surface area (Å²) in [5.41, 5.74) is 0. The fourth-order valence-electron chi connectivity index (χ4n) is 2.11. The molecule has 1 fully saturated rings. The quantitative estimate of drug-likeness (QED) is 0.709. The molecular weight excluding hydrogens is 252 g/mol. The van der Waals surface area contributed by atoms with Gasteiger partial charge < -0.3 is 10.4 Å². The predicted octanol–water partition coefficient (Wildman–Crippen LogP) is 1.25. The van der Waals surface area contributed by atoms with E-state index in [-0.39, 0.29) is 11.8 Å². The van der Waals surface area contributed by atoms with Crippen LogP contribution in [-0.4, -0.2) is 35.0 Å². The summed E-state index contributed by atoms with van der Waals surface area (Å²) < 4.78 is 0. The molecule has 0 aliphatic heterocycles. The zero-order valence-electron chi connectivity index (χ0n) is 10.2. The molecule has 0 aromatic heterocycles. The first kappa shape index (κ1) is 14.8. The minimum atomic E-state index is -0.703. The van der Waals surface area contributed by atoms with E-state index in [1.807, 2.05) is 6.07 Å². The highest BCUT2D eigenvalue weighted by atomic mass is 32.2. The van der Waals surface area contributed by atoms with Crippen LogP contribution < -0.4 is 5.32 Å². The summed E-state index contributed by atoms with van der Waals surface area (Å²) in [6, 6.07) is 1.97. The van der Waals surface area contributed by atoms with Crippen molar-refractivity contribution in [1.29, 1.82) is 5.26 Å². The van der Waals surface area contributed by atoms with Crippen LogP contribution in [0.3, 0.4) is 0 Å². The number of nitrogens with zero attached hydrogens (tertiary/aromatic N) is 1. The van der Waals surface area contributed by atoms with E-state index in [1.54, 1.807) is 0 Å². The van der Waals surface area contributed by atoms with Gasteiger partial charge in [0.25, 0.3) is 0 Å². The Bertz CT molecular complexity index is 333. The van der Waals surface area contributed by atoms with Crippen LogP contribution in [0.2, 0.25) is 0 Å². The number of rotatable bonds is 6. The van der Waals surface area contributed by atoms with Gasteiger partial charge >= 0.3 is 5.97 Å². The first-order valence-electron chi connectivity index (χ1n) is 6.07. The largest absolute Gasteiger partial charge is 0.481 e. The number of aliphatic carboxylic acids is 1. The van der Waals surface area contributed by atoms with Gasteiger partial charge in [0.05, 0.1) is 23.5 Å². The lowest BCUT2D eigenvalue weighted by molar-refractivity contribution is -0.143. The van der Waals surface area contributed by atoms with Gasteiger partial charge in [-0.2, -0.15) is 5.26 Å². The zero-order valence-corrected chi connectivity index (χ0v) is 11.0. The molecule has 0 saturated heterocycles. The highest BCUT2D eigenvalue weighted by molar-refractivity contribution is 8.00. The van der Waals surface area contributed by atoms with Crippen LogP contribution in [0.15, 0.2) is 0 Å². The Morgan fingerprint density at radius 1 is 1.33 bits per heavy atom. The Morgan fingerprint density at radius 3 is 2.56 bits per heavy atom. The Labute approximate surface area is 111 Å². The van der Waals surface area contributed by atoms with Gasteiger partial charge in [-0.3, -0.25) is 9.59 Å². The fourth-order valence-corrected chi connectivity index (χ4v) is 2.59. The van der Waals surface area contributed by atoms with Gasteiger partial charge in [0.2, 0.25) is 5.91 Å². The molecule has 0 bridgehead atoms. The van der Waals surface area contributed by atoms with Crippen molar-refractivity contribution < 1.29 is 14.7 Å². The number of amides is 1. The lowest BCUT2D eigenvalue weighted by Gasteiger charge is -2.26. The number of hydrogen-bond donors (Lipinski definition) is 2. The fraction of sp³-hybridized carbons (Fsp3) is 0.750. The van der Waals surface area contributed by atoms with Gasteiger partial charge in [-0.05, 0) is 31.6 Å². The molecule has 2 N–H and O–H groups in total. The van der Waals surface area contributed by atoms with E-state index in [0.29, 0.717) is 36.8 Å². The van der Waals surface area contributed by atoms with Crippen LogP contribution in [0.5, 0.6) is 0 Å². The number of carbonyl (C=O) groups is 2. The summed E-state index contributed by atoms with van der Waals surface area (Å²) in [7, 11) is 0. The number of hydrogen-bond acceptors (Lipinski definition) is 4. The maximum absolute atomic E-state index is 11.4. The molecule has 6 heteroatoms. The lowest BCUT2D eigenvalue weighted by atomic mass is 9.82. The Morgan fingerprint density at radius 2 is 2.00 bits per heavy atom. The summed E-state index contributed by atoms with van der Waals surface area (Å²) in [6.45, 7) is 0.623. The molecule has 100 valence electrons. The topological polar surface area (TPSA) is 90.2 Å². The van der Waals surface area contributed by atoms with Gasteiger partial charge in [0, 0.05) is 6.54 Å². The normalized spacial score (nSPS) is 23.1. The molecule has 1 rings (SSSR count). The van der Waals surface area contributed by atoms with Crippen molar-refractivity contribution in [1.82, 2.24) is 5.32 Å². The number of carbonyl (C=O) groups excluding carboxylic acids is 1. The molecule has 0 aromatic carbocycles. The summed E-state index contributed by atoms with van der Waals surface area (Å²) >= 11 is 1.30. The number of nitriles is 1. The maximum atomic E-state index is 11.4. The second-order valence-corrected chi connectivity index (χ2v) is 5.50. The highest BCUT2D eigenvalue weighted by Gasteiger charge is 2.25. The Hall–Kier alpha value is -1.22. The van der Waals surface area contributed by atoms with Gasteiger partial charge in [0.1, 0.15) is 0 Å². The van der Waals surface area contributed by atoms with Crippen LogP contribution in [0.1, 0.15) is 25.7 Å². The van der Waals surface area contributed by atoms with E-state index in [2.05, 4.69) is 5.32 Å². The van der Waals surface area contributed by atoms with E-state index in [4.69, 9.17) is 10.4 Å². The molecule has 18 heavy (non-hydrogen) atoms. The molecule has 0 radical (unpaired) electrons. The molecule has 1 aliphatic rings. The maximum Gasteiger partial charge on any atom is 0.306 e. The number of carboxylic acid groups (broad SMARTS) is 1. The monoisotopic (exact) mass is 270 g/mol. The second-order valence-electron chi connectivity index (χ2n) is 4.51. The molecular formula is C12H18N2O3S. The summed E-state index contributed by atoms with van der Waals surface area (Å²) in [4.78, 5) is 22.2. The van der Waals surface area contributed by atoms with Crippen molar-refractivity contribution in [2.45, 2.75) is 25.7 Å². The van der Waals surface area contributed by atoms with E-state index in [9.17, 15) is 9.59 Å². The Balaban J connectivity index is 2.12. The highest BCUT2D eigenvalue weighted by Crippen LogP contribution is 2.28. The van der Waals surface area contributed by atoms with Crippen LogP contribution in [0.25, 0.3) is 0 Å². The smallest absolute Gasteiger partial charge is 0.306 e.